The van der Waals surface area contributed by atoms with Crippen LogP contribution in [0.2, 0.25) is 0 Å². The number of hydrogen-bond donors (Lipinski definition) is 2. The van der Waals surface area contributed by atoms with Crippen molar-refractivity contribution in [2.45, 2.75) is 58.4 Å². The molecule has 2 heteroatoms. The highest BCUT2D eigenvalue weighted by molar-refractivity contribution is 5.01. The smallest absolute Gasteiger partial charge is 0.0309 e. The summed E-state index contributed by atoms with van der Waals surface area (Å²) in [5.41, 5.74) is 6.73. The third kappa shape index (κ3) is 2.78. The van der Waals surface area contributed by atoms with Gasteiger partial charge in [-0.25, -0.2) is 0 Å². The van der Waals surface area contributed by atoms with Gasteiger partial charge in [-0.1, -0.05) is 20.8 Å². The molecular weight excluding hydrogens is 196 g/mol. The van der Waals surface area contributed by atoms with Crippen LogP contribution < -0.4 is 11.1 Å². The van der Waals surface area contributed by atoms with E-state index in [4.69, 9.17) is 5.73 Å². The SMILES string of the molecule is CC(CNC1(CN)CCC(C)(C)C1)C1CC1. The highest BCUT2D eigenvalue weighted by Gasteiger charge is 2.42. The van der Waals surface area contributed by atoms with Crippen molar-refractivity contribution in [1.82, 2.24) is 5.32 Å². The maximum atomic E-state index is 6.01. The molecule has 0 aliphatic heterocycles. The average molecular weight is 224 g/mol. The first-order chi connectivity index (χ1) is 7.46. The van der Waals surface area contributed by atoms with Crippen molar-refractivity contribution < 1.29 is 0 Å². The monoisotopic (exact) mass is 224 g/mol. The van der Waals surface area contributed by atoms with E-state index in [-0.39, 0.29) is 5.54 Å². The van der Waals surface area contributed by atoms with Gasteiger partial charge in [-0.15, -0.1) is 0 Å². The Bertz CT molecular complexity index is 245. The van der Waals surface area contributed by atoms with Crippen molar-refractivity contribution in [3.8, 4) is 0 Å². The zero-order valence-corrected chi connectivity index (χ0v) is 11.2. The summed E-state index contributed by atoms with van der Waals surface area (Å²) in [6.07, 6.45) is 6.71. The lowest BCUT2D eigenvalue weighted by Gasteiger charge is -2.32. The number of nitrogens with one attached hydrogen (secondary N) is 1. The van der Waals surface area contributed by atoms with Crippen molar-refractivity contribution in [1.29, 1.82) is 0 Å². The summed E-state index contributed by atoms with van der Waals surface area (Å²) in [5.74, 6) is 1.84. The van der Waals surface area contributed by atoms with Gasteiger partial charge in [0.05, 0.1) is 0 Å². The maximum Gasteiger partial charge on any atom is 0.0309 e. The average Bonchev–Trinajstić information content (AvgIpc) is 3.02. The molecule has 0 bridgehead atoms. The van der Waals surface area contributed by atoms with Crippen LogP contribution in [0, 0.1) is 17.3 Å². The Balaban J connectivity index is 1.85. The molecule has 2 rings (SSSR count). The van der Waals surface area contributed by atoms with E-state index in [1.165, 1.54) is 32.1 Å². The molecule has 0 heterocycles. The summed E-state index contributed by atoms with van der Waals surface area (Å²) in [6.45, 7) is 9.09. The molecule has 0 aromatic carbocycles. The fourth-order valence-corrected chi connectivity index (χ4v) is 3.28. The lowest BCUT2D eigenvalue weighted by Crippen LogP contribution is -2.51. The van der Waals surface area contributed by atoms with E-state index < -0.39 is 0 Å². The Morgan fingerprint density at radius 2 is 2.00 bits per heavy atom. The van der Waals surface area contributed by atoms with E-state index in [1.54, 1.807) is 0 Å². The predicted octanol–water partition coefficient (Wildman–Crippen LogP) is 2.53. The predicted molar refractivity (Wildman–Crippen MR) is 69.3 cm³/mol. The van der Waals surface area contributed by atoms with Crippen molar-refractivity contribution in [3.63, 3.8) is 0 Å². The summed E-state index contributed by atoms with van der Waals surface area (Å²) >= 11 is 0. The number of rotatable bonds is 5. The molecule has 0 amide bonds. The van der Waals surface area contributed by atoms with Crippen LogP contribution in [-0.4, -0.2) is 18.6 Å². The molecule has 0 radical (unpaired) electrons. The quantitative estimate of drug-likeness (QED) is 0.753. The van der Waals surface area contributed by atoms with E-state index in [1.807, 2.05) is 0 Å². The van der Waals surface area contributed by atoms with Gasteiger partial charge in [-0.2, -0.15) is 0 Å². The molecule has 2 saturated carbocycles. The van der Waals surface area contributed by atoms with Gasteiger partial charge in [0.25, 0.3) is 0 Å². The topological polar surface area (TPSA) is 38.0 Å². The minimum atomic E-state index is 0.243. The molecular formula is C14H28N2. The first-order valence-electron chi connectivity index (χ1n) is 6.91. The van der Waals surface area contributed by atoms with Crippen LogP contribution in [0.15, 0.2) is 0 Å². The van der Waals surface area contributed by atoms with Crippen molar-refractivity contribution in [2.75, 3.05) is 13.1 Å². The standard InChI is InChI=1S/C14H28N2/c1-11(12-4-5-12)8-16-14(10-15)7-6-13(2,3)9-14/h11-12,16H,4-10,15H2,1-3H3. The van der Waals surface area contributed by atoms with E-state index in [0.717, 1.165) is 24.9 Å². The first kappa shape index (κ1) is 12.4. The molecule has 0 aromatic heterocycles. The van der Waals surface area contributed by atoms with Gasteiger partial charge in [-0.3, -0.25) is 0 Å². The van der Waals surface area contributed by atoms with Crippen LogP contribution in [0.5, 0.6) is 0 Å². The number of hydrogen-bond acceptors (Lipinski definition) is 2. The summed E-state index contributed by atoms with van der Waals surface area (Å²) in [6, 6.07) is 0. The Hall–Kier alpha value is -0.0800. The molecule has 3 N–H and O–H groups in total. The second kappa shape index (κ2) is 4.30. The molecule has 2 nitrogen and oxygen atoms in total. The highest BCUT2D eigenvalue weighted by atomic mass is 15.0. The Morgan fingerprint density at radius 3 is 2.44 bits per heavy atom. The second-order valence-electron chi connectivity index (χ2n) is 7.02. The lowest BCUT2D eigenvalue weighted by molar-refractivity contribution is 0.272. The second-order valence-corrected chi connectivity index (χ2v) is 7.02. The molecule has 0 spiro atoms. The van der Waals surface area contributed by atoms with Gasteiger partial charge < -0.3 is 11.1 Å². The molecule has 16 heavy (non-hydrogen) atoms. The van der Waals surface area contributed by atoms with Crippen LogP contribution in [0.3, 0.4) is 0 Å². The minimum absolute atomic E-state index is 0.243. The summed E-state index contributed by atoms with van der Waals surface area (Å²) in [7, 11) is 0. The third-order valence-electron chi connectivity index (χ3n) is 4.71. The zero-order chi connectivity index (χ0) is 11.8. The van der Waals surface area contributed by atoms with Crippen LogP contribution in [0.1, 0.15) is 52.9 Å². The van der Waals surface area contributed by atoms with Crippen LogP contribution in [-0.2, 0) is 0 Å². The number of nitrogens with two attached hydrogens (primary N) is 1. The fourth-order valence-electron chi connectivity index (χ4n) is 3.28. The van der Waals surface area contributed by atoms with Crippen molar-refractivity contribution in [3.05, 3.63) is 0 Å². The normalized spacial score (nSPS) is 35.2. The first-order valence-corrected chi connectivity index (χ1v) is 6.91. The molecule has 2 fully saturated rings. The maximum absolute atomic E-state index is 6.01. The highest BCUT2D eigenvalue weighted by Crippen LogP contribution is 2.43. The zero-order valence-electron chi connectivity index (χ0n) is 11.2. The minimum Gasteiger partial charge on any atom is -0.329 e. The fraction of sp³-hybridized carbons (Fsp3) is 1.00. The van der Waals surface area contributed by atoms with Gasteiger partial charge in [0, 0.05) is 12.1 Å². The van der Waals surface area contributed by atoms with Gasteiger partial charge in [0.1, 0.15) is 0 Å². The largest absolute Gasteiger partial charge is 0.329 e. The van der Waals surface area contributed by atoms with Crippen LogP contribution in [0.4, 0.5) is 0 Å². The van der Waals surface area contributed by atoms with Crippen molar-refractivity contribution in [2.24, 2.45) is 23.0 Å². The van der Waals surface area contributed by atoms with Crippen molar-refractivity contribution >= 4 is 0 Å². The van der Waals surface area contributed by atoms with E-state index in [9.17, 15) is 0 Å². The van der Waals surface area contributed by atoms with E-state index in [2.05, 4.69) is 26.1 Å². The lowest BCUT2D eigenvalue weighted by atomic mass is 9.87. The summed E-state index contributed by atoms with van der Waals surface area (Å²) in [5, 5.41) is 3.80. The molecule has 2 aliphatic rings. The van der Waals surface area contributed by atoms with E-state index in [0.29, 0.717) is 5.41 Å². The Kier molecular flexibility index (Phi) is 3.33. The molecule has 94 valence electrons. The van der Waals surface area contributed by atoms with Gasteiger partial charge in [-0.05, 0) is 55.9 Å². The molecule has 2 atom stereocenters. The van der Waals surface area contributed by atoms with Crippen LogP contribution >= 0.6 is 0 Å². The molecule has 0 aromatic rings. The molecule has 2 aliphatic carbocycles. The van der Waals surface area contributed by atoms with Gasteiger partial charge in [0.15, 0.2) is 0 Å². The Labute approximate surface area is 100 Å². The molecule has 2 unspecified atom stereocenters. The Morgan fingerprint density at radius 1 is 1.31 bits per heavy atom. The third-order valence-corrected chi connectivity index (χ3v) is 4.71. The van der Waals surface area contributed by atoms with E-state index >= 15 is 0 Å². The summed E-state index contributed by atoms with van der Waals surface area (Å²) in [4.78, 5) is 0. The van der Waals surface area contributed by atoms with Gasteiger partial charge >= 0.3 is 0 Å². The summed E-state index contributed by atoms with van der Waals surface area (Å²) < 4.78 is 0. The van der Waals surface area contributed by atoms with Gasteiger partial charge in [0.2, 0.25) is 0 Å². The molecule has 0 saturated heterocycles. The van der Waals surface area contributed by atoms with Crippen LogP contribution in [0.25, 0.3) is 0 Å².